The number of rotatable bonds is 7. The van der Waals surface area contributed by atoms with Gasteiger partial charge in [0.1, 0.15) is 12.4 Å². The van der Waals surface area contributed by atoms with Crippen molar-refractivity contribution in [3.05, 3.63) is 56.9 Å². The van der Waals surface area contributed by atoms with Crippen molar-refractivity contribution in [2.24, 2.45) is 0 Å². The zero-order chi connectivity index (χ0) is 19.3. The van der Waals surface area contributed by atoms with Crippen LogP contribution in [0.25, 0.3) is 0 Å². The van der Waals surface area contributed by atoms with Gasteiger partial charge in [-0.05, 0) is 59.3 Å². The first-order chi connectivity index (χ1) is 12.3. The summed E-state index contributed by atoms with van der Waals surface area (Å²) in [5, 5.41) is 11.8. The molecular formula is C17H16F3IN2O3. The predicted octanol–water partition coefficient (Wildman–Crippen LogP) is 3.88. The van der Waals surface area contributed by atoms with Crippen molar-refractivity contribution in [2.45, 2.75) is 19.4 Å². The minimum absolute atomic E-state index is 0.119. The summed E-state index contributed by atoms with van der Waals surface area (Å²) in [5.41, 5.74) is 1.11. The number of benzene rings is 2. The van der Waals surface area contributed by atoms with Gasteiger partial charge < -0.3 is 10.4 Å². The van der Waals surface area contributed by atoms with E-state index in [2.05, 4.69) is 5.32 Å². The summed E-state index contributed by atoms with van der Waals surface area (Å²) in [5.74, 6) is -4.09. The van der Waals surface area contributed by atoms with Gasteiger partial charge in [-0.2, -0.15) is 0 Å². The van der Waals surface area contributed by atoms with E-state index >= 15 is 0 Å². The van der Waals surface area contributed by atoms with Crippen LogP contribution in [-0.2, 0) is 4.84 Å². The molecule has 1 amide bonds. The Morgan fingerprint density at radius 1 is 1.23 bits per heavy atom. The summed E-state index contributed by atoms with van der Waals surface area (Å²) >= 11 is 1.90. The van der Waals surface area contributed by atoms with Gasteiger partial charge in [0, 0.05) is 3.57 Å². The molecule has 9 heteroatoms. The lowest BCUT2D eigenvalue weighted by Crippen LogP contribution is -2.29. The lowest BCUT2D eigenvalue weighted by molar-refractivity contribution is -0.0133. The maximum absolute atomic E-state index is 14.2. The first-order valence-corrected chi connectivity index (χ1v) is 8.71. The van der Waals surface area contributed by atoms with E-state index in [0.717, 1.165) is 12.1 Å². The van der Waals surface area contributed by atoms with E-state index in [9.17, 15) is 23.1 Å². The summed E-state index contributed by atoms with van der Waals surface area (Å²) in [4.78, 5) is 17.0. The minimum Gasteiger partial charge on any atom is -0.391 e. The van der Waals surface area contributed by atoms with Gasteiger partial charge in [-0.25, -0.2) is 18.7 Å². The van der Waals surface area contributed by atoms with Crippen LogP contribution in [0.15, 0.2) is 30.3 Å². The smallest absolute Gasteiger partial charge is 0.277 e. The first kappa shape index (κ1) is 20.5. The van der Waals surface area contributed by atoms with Crippen molar-refractivity contribution in [1.82, 2.24) is 5.48 Å². The van der Waals surface area contributed by atoms with E-state index < -0.39 is 35.2 Å². The summed E-state index contributed by atoms with van der Waals surface area (Å²) in [6.45, 7) is 1.56. The predicted molar refractivity (Wildman–Crippen MR) is 98.5 cm³/mol. The molecule has 3 N–H and O–H groups in total. The number of hydrogen-bond acceptors (Lipinski definition) is 4. The van der Waals surface area contributed by atoms with Gasteiger partial charge in [-0.3, -0.25) is 9.63 Å². The Bertz CT molecular complexity index is 805. The van der Waals surface area contributed by atoms with Crippen LogP contribution >= 0.6 is 22.6 Å². The summed E-state index contributed by atoms with van der Waals surface area (Å²) in [6, 6.07) is 5.94. The molecule has 0 saturated carbocycles. The molecule has 2 rings (SSSR count). The summed E-state index contributed by atoms with van der Waals surface area (Å²) in [7, 11) is 0. The number of nitrogens with one attached hydrogen (secondary N) is 2. The number of carbonyl (C=O) groups is 1. The highest BCUT2D eigenvalue weighted by molar-refractivity contribution is 14.1. The van der Waals surface area contributed by atoms with E-state index in [-0.39, 0.29) is 17.9 Å². The zero-order valence-corrected chi connectivity index (χ0v) is 15.8. The van der Waals surface area contributed by atoms with E-state index in [4.69, 9.17) is 4.84 Å². The zero-order valence-electron chi connectivity index (χ0n) is 13.7. The highest BCUT2D eigenvalue weighted by Gasteiger charge is 2.20. The molecule has 0 unspecified atom stereocenters. The van der Waals surface area contributed by atoms with Crippen LogP contribution in [-0.4, -0.2) is 23.7 Å². The number of aliphatic hydroxyl groups excluding tert-OH is 1. The third-order valence-corrected chi connectivity index (χ3v) is 4.11. The SMILES string of the molecule is CC[C@@H](O)CONC(=O)c1ccc(F)c(F)c1Nc1ccc(I)cc1F. The lowest BCUT2D eigenvalue weighted by Gasteiger charge is -2.15. The van der Waals surface area contributed by atoms with Crippen LogP contribution in [0.3, 0.4) is 0 Å². The van der Waals surface area contributed by atoms with Crippen molar-refractivity contribution >= 4 is 39.9 Å². The Morgan fingerprint density at radius 3 is 2.62 bits per heavy atom. The molecule has 0 fully saturated rings. The number of halogens is 4. The van der Waals surface area contributed by atoms with Gasteiger partial charge in [0.15, 0.2) is 11.6 Å². The van der Waals surface area contributed by atoms with Gasteiger partial charge >= 0.3 is 0 Å². The molecule has 5 nitrogen and oxygen atoms in total. The number of amides is 1. The molecule has 0 saturated heterocycles. The van der Waals surface area contributed by atoms with Crippen LogP contribution in [0.5, 0.6) is 0 Å². The molecule has 0 heterocycles. The highest BCUT2D eigenvalue weighted by atomic mass is 127. The Morgan fingerprint density at radius 2 is 1.96 bits per heavy atom. The Balaban J connectivity index is 2.27. The van der Waals surface area contributed by atoms with Crippen molar-refractivity contribution in [3.8, 4) is 0 Å². The van der Waals surface area contributed by atoms with Crippen LogP contribution in [0.1, 0.15) is 23.7 Å². The van der Waals surface area contributed by atoms with Crippen LogP contribution in [0.4, 0.5) is 24.5 Å². The molecule has 1 atom stereocenters. The molecule has 0 bridgehead atoms. The molecule has 0 radical (unpaired) electrons. The van der Waals surface area contributed by atoms with Gasteiger partial charge in [0.2, 0.25) is 0 Å². The lowest BCUT2D eigenvalue weighted by atomic mass is 10.1. The number of hydroxylamine groups is 1. The number of hydrogen-bond donors (Lipinski definition) is 3. The molecule has 2 aromatic carbocycles. The van der Waals surface area contributed by atoms with Gasteiger partial charge in [0.25, 0.3) is 5.91 Å². The molecule has 0 aliphatic carbocycles. The normalized spacial score (nSPS) is 11.9. The average molecular weight is 480 g/mol. The van der Waals surface area contributed by atoms with Crippen molar-refractivity contribution < 1.29 is 27.9 Å². The Kier molecular flexibility index (Phi) is 7.23. The maximum Gasteiger partial charge on any atom is 0.277 e. The fraction of sp³-hybridized carbons (Fsp3) is 0.235. The van der Waals surface area contributed by atoms with Crippen LogP contribution in [0, 0.1) is 21.0 Å². The topological polar surface area (TPSA) is 70.6 Å². The second-order valence-corrected chi connectivity index (χ2v) is 6.58. The maximum atomic E-state index is 14.2. The number of anilines is 2. The van der Waals surface area contributed by atoms with Crippen LogP contribution in [0.2, 0.25) is 0 Å². The van der Waals surface area contributed by atoms with Gasteiger partial charge in [0.05, 0.1) is 23.0 Å². The highest BCUT2D eigenvalue weighted by Crippen LogP contribution is 2.28. The van der Waals surface area contributed by atoms with Gasteiger partial charge in [-0.15, -0.1) is 0 Å². The fourth-order valence-electron chi connectivity index (χ4n) is 1.96. The van der Waals surface area contributed by atoms with Crippen molar-refractivity contribution in [1.29, 1.82) is 0 Å². The van der Waals surface area contributed by atoms with Crippen molar-refractivity contribution in [2.75, 3.05) is 11.9 Å². The molecule has 0 aliphatic heterocycles. The second kappa shape index (κ2) is 9.19. The number of aliphatic hydroxyl groups is 1. The Labute approximate surface area is 161 Å². The van der Waals surface area contributed by atoms with Crippen LogP contribution < -0.4 is 10.8 Å². The first-order valence-electron chi connectivity index (χ1n) is 7.63. The molecular weight excluding hydrogens is 464 g/mol. The van der Waals surface area contributed by atoms with E-state index in [1.165, 1.54) is 12.1 Å². The largest absolute Gasteiger partial charge is 0.391 e. The molecule has 26 heavy (non-hydrogen) atoms. The van der Waals surface area contributed by atoms with E-state index in [1.807, 2.05) is 28.1 Å². The molecule has 0 aliphatic rings. The Hall–Kier alpha value is -1.85. The monoisotopic (exact) mass is 480 g/mol. The second-order valence-electron chi connectivity index (χ2n) is 5.34. The molecule has 2 aromatic rings. The van der Waals surface area contributed by atoms with E-state index in [0.29, 0.717) is 9.99 Å². The molecule has 0 spiro atoms. The standard InChI is InChI=1S/C17H16F3IN2O3/c1-2-10(24)8-26-23-17(25)11-4-5-12(18)15(20)16(11)22-14-6-3-9(21)7-13(14)19/h3-7,10,22,24H,2,8H2,1H3,(H,23,25)/t10-/m1/s1. The minimum atomic E-state index is -1.33. The molecule has 0 aromatic heterocycles. The molecule has 140 valence electrons. The van der Waals surface area contributed by atoms with E-state index in [1.54, 1.807) is 13.0 Å². The van der Waals surface area contributed by atoms with Crippen molar-refractivity contribution in [3.63, 3.8) is 0 Å². The van der Waals surface area contributed by atoms with Gasteiger partial charge in [-0.1, -0.05) is 6.92 Å². The average Bonchev–Trinajstić information content (AvgIpc) is 2.60. The summed E-state index contributed by atoms with van der Waals surface area (Å²) in [6.07, 6.45) is -0.362. The summed E-state index contributed by atoms with van der Waals surface area (Å²) < 4.78 is 42.4. The quantitative estimate of drug-likeness (QED) is 0.416. The third kappa shape index (κ3) is 5.08. The third-order valence-electron chi connectivity index (χ3n) is 3.44. The number of carbonyl (C=O) groups excluding carboxylic acids is 1. The fourth-order valence-corrected chi connectivity index (χ4v) is 2.42.